The fraction of sp³-hybridized carbons (Fsp3) is 0.556. The van der Waals surface area contributed by atoms with E-state index in [0.717, 1.165) is 0 Å². The third-order valence-electron chi connectivity index (χ3n) is 4.84. The van der Waals surface area contributed by atoms with Gasteiger partial charge < -0.3 is 13.9 Å². The van der Waals surface area contributed by atoms with Crippen LogP contribution < -0.4 is 0 Å². The van der Waals surface area contributed by atoms with Crippen molar-refractivity contribution in [1.29, 1.82) is 0 Å². The first-order valence-corrected chi connectivity index (χ1v) is 11.1. The minimum Gasteiger partial charge on any atom is -0.458 e. The summed E-state index contributed by atoms with van der Waals surface area (Å²) >= 11 is 0. The molecule has 0 saturated carbocycles. The molecule has 6 heteroatoms. The monoisotopic (exact) mass is 350 g/mol. The maximum absolute atomic E-state index is 11.9. The van der Waals surface area contributed by atoms with Crippen LogP contribution in [0.25, 0.3) is 0 Å². The van der Waals surface area contributed by atoms with Crippen molar-refractivity contribution in [2.24, 2.45) is 5.92 Å². The van der Waals surface area contributed by atoms with Crippen molar-refractivity contribution in [3.8, 4) is 0 Å². The topological polar surface area (TPSA) is 61.8 Å². The van der Waals surface area contributed by atoms with Gasteiger partial charge in [-0.2, -0.15) is 0 Å². The van der Waals surface area contributed by atoms with Gasteiger partial charge in [-0.25, -0.2) is 4.79 Å². The molecule has 1 aromatic rings. The van der Waals surface area contributed by atoms with E-state index in [1.165, 1.54) is 0 Å². The van der Waals surface area contributed by atoms with Crippen molar-refractivity contribution in [2.45, 2.75) is 45.0 Å². The molecule has 0 bridgehead atoms. The van der Waals surface area contributed by atoms with Crippen molar-refractivity contribution in [1.82, 2.24) is 0 Å². The summed E-state index contributed by atoms with van der Waals surface area (Å²) in [5.74, 6) is -1.06. The molecule has 0 aromatic heterocycles. The Bertz CT molecular complexity index is 591. The number of esters is 2. The maximum atomic E-state index is 11.9. The van der Waals surface area contributed by atoms with Gasteiger partial charge in [0, 0.05) is 0 Å². The summed E-state index contributed by atoms with van der Waals surface area (Å²) in [5.41, 5.74) is 0.484. The maximum Gasteiger partial charge on any atom is 0.338 e. The van der Waals surface area contributed by atoms with Crippen LogP contribution in [0.15, 0.2) is 30.3 Å². The third kappa shape index (κ3) is 4.24. The molecular weight excluding hydrogens is 324 g/mol. The number of carbonyl (C=O) groups excluding carboxylic acids is 2. The van der Waals surface area contributed by atoms with Gasteiger partial charge in [0.15, 0.2) is 14.4 Å². The van der Waals surface area contributed by atoms with Crippen LogP contribution in [-0.2, 0) is 18.7 Å². The molecule has 1 fully saturated rings. The van der Waals surface area contributed by atoms with Crippen molar-refractivity contribution in [3.63, 3.8) is 0 Å². The molecule has 1 aliphatic heterocycles. The van der Waals surface area contributed by atoms with Crippen LogP contribution in [0, 0.1) is 5.92 Å². The normalized spacial score (nSPS) is 21.0. The Morgan fingerprint density at radius 1 is 1.17 bits per heavy atom. The van der Waals surface area contributed by atoms with Gasteiger partial charge in [0.05, 0.1) is 12.2 Å². The van der Waals surface area contributed by atoms with Gasteiger partial charge in [0.1, 0.15) is 12.5 Å². The van der Waals surface area contributed by atoms with Gasteiger partial charge in [-0.1, -0.05) is 39.0 Å². The van der Waals surface area contributed by atoms with Crippen molar-refractivity contribution < 1.29 is 23.5 Å². The fourth-order valence-electron chi connectivity index (χ4n) is 2.05. The highest BCUT2D eigenvalue weighted by atomic mass is 28.4. The molecule has 5 nitrogen and oxygen atoms in total. The number of benzene rings is 1. The zero-order chi connectivity index (χ0) is 18.0. The van der Waals surface area contributed by atoms with E-state index in [0.29, 0.717) is 12.2 Å². The van der Waals surface area contributed by atoms with E-state index in [2.05, 4.69) is 33.9 Å². The van der Waals surface area contributed by atoms with Crippen molar-refractivity contribution in [3.05, 3.63) is 35.9 Å². The van der Waals surface area contributed by atoms with Crippen molar-refractivity contribution >= 4 is 20.3 Å². The quantitative estimate of drug-likeness (QED) is 0.581. The van der Waals surface area contributed by atoms with Crippen LogP contribution in [0.5, 0.6) is 0 Å². The van der Waals surface area contributed by atoms with Gasteiger partial charge >= 0.3 is 11.9 Å². The minimum atomic E-state index is -1.92. The van der Waals surface area contributed by atoms with Crippen LogP contribution in [0.3, 0.4) is 0 Å². The molecule has 1 heterocycles. The lowest BCUT2D eigenvalue weighted by atomic mass is 9.99. The molecule has 1 aliphatic rings. The SMILES string of the molecule is CC(C)(C)[Si](C)(C)OCC1C(=O)OC1COC(=O)c1ccccc1. The van der Waals surface area contributed by atoms with E-state index in [4.69, 9.17) is 13.9 Å². The predicted octanol–water partition coefficient (Wildman–Crippen LogP) is 3.41. The van der Waals surface area contributed by atoms with Gasteiger partial charge in [-0.15, -0.1) is 0 Å². The highest BCUT2D eigenvalue weighted by molar-refractivity contribution is 6.74. The van der Waals surface area contributed by atoms with E-state index in [1.54, 1.807) is 24.3 Å². The number of cyclic esters (lactones) is 1. The minimum absolute atomic E-state index is 0.0605. The van der Waals surface area contributed by atoms with E-state index in [-0.39, 0.29) is 23.5 Å². The molecular formula is C18H26O5Si. The number of ether oxygens (including phenoxy) is 2. The standard InChI is InChI=1S/C18H26O5Si/c1-18(2,3)24(4,5)22-11-14-15(23-17(14)20)12-21-16(19)13-9-7-6-8-10-13/h6-10,14-15H,11-12H2,1-5H3. The average Bonchev–Trinajstić information content (AvgIpc) is 2.50. The molecule has 0 amide bonds. The number of hydrogen-bond donors (Lipinski definition) is 0. The van der Waals surface area contributed by atoms with E-state index < -0.39 is 20.4 Å². The highest BCUT2D eigenvalue weighted by Gasteiger charge is 2.46. The first-order valence-electron chi connectivity index (χ1n) is 8.18. The fourth-order valence-corrected chi connectivity index (χ4v) is 3.08. The molecule has 1 aromatic carbocycles. The second-order valence-corrected chi connectivity index (χ2v) is 12.4. The Kier molecular flexibility index (Phi) is 5.50. The predicted molar refractivity (Wildman–Crippen MR) is 93.2 cm³/mol. The molecule has 0 N–H and O–H groups in total. The first kappa shape index (κ1) is 18.7. The van der Waals surface area contributed by atoms with Crippen LogP contribution in [0.1, 0.15) is 31.1 Å². The number of hydrogen-bond acceptors (Lipinski definition) is 5. The van der Waals surface area contributed by atoms with Gasteiger partial charge in [0.25, 0.3) is 0 Å². The molecule has 0 radical (unpaired) electrons. The summed E-state index contributed by atoms with van der Waals surface area (Å²) in [6.07, 6.45) is -0.421. The molecule has 0 spiro atoms. The summed E-state index contributed by atoms with van der Waals surface area (Å²) in [6.45, 7) is 11.1. The Morgan fingerprint density at radius 3 is 2.33 bits per heavy atom. The molecule has 132 valence electrons. The van der Waals surface area contributed by atoms with Crippen LogP contribution in [0.2, 0.25) is 18.1 Å². The lowest BCUT2D eigenvalue weighted by molar-refractivity contribution is -0.192. The molecule has 2 unspecified atom stereocenters. The number of rotatable bonds is 6. The average molecular weight is 350 g/mol. The zero-order valence-electron chi connectivity index (χ0n) is 15.0. The Hall–Kier alpha value is -1.66. The van der Waals surface area contributed by atoms with Gasteiger partial charge in [0.2, 0.25) is 0 Å². The van der Waals surface area contributed by atoms with Gasteiger partial charge in [-0.3, -0.25) is 4.79 Å². The Balaban J connectivity index is 1.84. The summed E-state index contributed by atoms with van der Waals surface area (Å²) < 4.78 is 16.4. The lowest BCUT2D eigenvalue weighted by Crippen LogP contribution is -2.53. The summed E-state index contributed by atoms with van der Waals surface area (Å²) in [4.78, 5) is 23.6. The molecule has 0 aliphatic carbocycles. The van der Waals surface area contributed by atoms with Gasteiger partial charge in [-0.05, 0) is 30.3 Å². The molecule has 1 saturated heterocycles. The summed E-state index contributed by atoms with van der Waals surface area (Å²) in [6, 6.07) is 8.75. The van der Waals surface area contributed by atoms with Crippen LogP contribution in [0.4, 0.5) is 0 Å². The highest BCUT2D eigenvalue weighted by Crippen LogP contribution is 2.37. The summed E-state index contributed by atoms with van der Waals surface area (Å²) in [7, 11) is -1.92. The smallest absolute Gasteiger partial charge is 0.338 e. The van der Waals surface area contributed by atoms with Crippen LogP contribution >= 0.6 is 0 Å². The molecule has 24 heavy (non-hydrogen) atoms. The Morgan fingerprint density at radius 2 is 1.79 bits per heavy atom. The largest absolute Gasteiger partial charge is 0.458 e. The van der Waals surface area contributed by atoms with E-state index >= 15 is 0 Å². The molecule has 2 rings (SSSR count). The summed E-state index contributed by atoms with van der Waals surface area (Å²) in [5, 5.41) is 0.0793. The first-order chi connectivity index (χ1) is 11.1. The van der Waals surface area contributed by atoms with Crippen molar-refractivity contribution in [2.75, 3.05) is 13.2 Å². The second kappa shape index (κ2) is 7.07. The number of carbonyl (C=O) groups is 2. The zero-order valence-corrected chi connectivity index (χ0v) is 16.0. The van der Waals surface area contributed by atoms with E-state index in [9.17, 15) is 9.59 Å². The van der Waals surface area contributed by atoms with Crippen LogP contribution in [-0.4, -0.2) is 39.6 Å². The second-order valence-electron chi connectivity index (χ2n) is 7.62. The Labute approximate surface area is 144 Å². The van der Waals surface area contributed by atoms with E-state index in [1.807, 2.05) is 6.07 Å². The molecule has 2 atom stereocenters. The lowest BCUT2D eigenvalue weighted by Gasteiger charge is -2.40. The third-order valence-corrected chi connectivity index (χ3v) is 9.34.